The van der Waals surface area contributed by atoms with Crippen LogP contribution < -0.4 is 19.5 Å². The third-order valence-electron chi connectivity index (χ3n) is 3.01. The number of halogens is 1. The molecule has 1 fully saturated rings. The average Bonchev–Trinajstić information content (AvgIpc) is 2.78. The molecule has 2 aliphatic rings. The van der Waals surface area contributed by atoms with Gasteiger partial charge < -0.3 is 19.5 Å². The number of fused-ring (bicyclic) bond motifs is 1. The summed E-state index contributed by atoms with van der Waals surface area (Å²) < 4.78 is 29.7. The van der Waals surface area contributed by atoms with E-state index in [9.17, 15) is 4.39 Å². The van der Waals surface area contributed by atoms with E-state index in [0.29, 0.717) is 11.5 Å². The van der Waals surface area contributed by atoms with Crippen molar-refractivity contribution in [3.8, 4) is 17.2 Å². The fourth-order valence-corrected chi connectivity index (χ4v) is 2.08. The molecule has 17 heavy (non-hydrogen) atoms. The van der Waals surface area contributed by atoms with Gasteiger partial charge in [-0.2, -0.15) is 0 Å². The summed E-state index contributed by atoms with van der Waals surface area (Å²) in [7, 11) is 0. The van der Waals surface area contributed by atoms with Gasteiger partial charge in [0.05, 0.1) is 0 Å². The predicted octanol–water partition coefficient (Wildman–Crippen LogP) is 1.69. The van der Waals surface area contributed by atoms with Crippen molar-refractivity contribution >= 4 is 0 Å². The van der Waals surface area contributed by atoms with Crippen molar-refractivity contribution in [1.29, 1.82) is 0 Å². The smallest absolute Gasteiger partial charge is 0.231 e. The van der Waals surface area contributed by atoms with Crippen molar-refractivity contribution in [2.24, 2.45) is 0 Å². The molecule has 0 aliphatic carbocycles. The number of hydrogen-bond acceptors (Lipinski definition) is 4. The second-order valence-electron chi connectivity index (χ2n) is 4.20. The lowest BCUT2D eigenvalue weighted by Crippen LogP contribution is -2.34. The molecule has 0 bridgehead atoms. The molecule has 0 amide bonds. The van der Waals surface area contributed by atoms with E-state index in [1.807, 2.05) is 0 Å². The first kappa shape index (κ1) is 10.7. The zero-order valence-electron chi connectivity index (χ0n) is 9.37. The third-order valence-corrected chi connectivity index (χ3v) is 3.01. The van der Waals surface area contributed by atoms with Crippen molar-refractivity contribution < 1.29 is 18.6 Å². The Morgan fingerprint density at radius 2 is 1.88 bits per heavy atom. The van der Waals surface area contributed by atoms with E-state index in [1.165, 1.54) is 6.07 Å². The summed E-state index contributed by atoms with van der Waals surface area (Å²) in [5.41, 5.74) is 0. The maximum atomic E-state index is 13.7. The Morgan fingerprint density at radius 3 is 2.65 bits per heavy atom. The van der Waals surface area contributed by atoms with Gasteiger partial charge in [0.15, 0.2) is 23.1 Å². The first-order valence-corrected chi connectivity index (χ1v) is 5.79. The van der Waals surface area contributed by atoms with Crippen LogP contribution in [0.5, 0.6) is 17.2 Å². The maximum absolute atomic E-state index is 13.7. The number of rotatable bonds is 2. The van der Waals surface area contributed by atoms with E-state index in [1.54, 1.807) is 6.07 Å². The summed E-state index contributed by atoms with van der Waals surface area (Å²) in [5.74, 6) is 0.851. The summed E-state index contributed by atoms with van der Waals surface area (Å²) in [5, 5.41) is 3.24. The average molecular weight is 239 g/mol. The van der Waals surface area contributed by atoms with Gasteiger partial charge in [0.1, 0.15) is 6.10 Å². The predicted molar refractivity (Wildman–Crippen MR) is 59.0 cm³/mol. The molecule has 0 aromatic heterocycles. The van der Waals surface area contributed by atoms with Gasteiger partial charge in [0, 0.05) is 12.1 Å². The lowest BCUT2D eigenvalue weighted by Gasteiger charge is -2.24. The van der Waals surface area contributed by atoms with Gasteiger partial charge in [-0.15, -0.1) is 0 Å². The lowest BCUT2D eigenvalue weighted by atomic mass is 10.1. The highest BCUT2D eigenvalue weighted by atomic mass is 19.1. The van der Waals surface area contributed by atoms with Crippen LogP contribution in [0.1, 0.15) is 12.8 Å². The minimum atomic E-state index is -0.396. The monoisotopic (exact) mass is 239 g/mol. The molecule has 3 rings (SSSR count). The van der Waals surface area contributed by atoms with E-state index < -0.39 is 5.82 Å². The highest BCUT2D eigenvalue weighted by Crippen LogP contribution is 2.37. The van der Waals surface area contributed by atoms with Crippen LogP contribution in [-0.2, 0) is 0 Å². The van der Waals surface area contributed by atoms with Gasteiger partial charge in [-0.1, -0.05) is 0 Å². The van der Waals surface area contributed by atoms with Gasteiger partial charge in [0.25, 0.3) is 0 Å². The molecule has 1 saturated heterocycles. The number of benzene rings is 1. The zero-order valence-corrected chi connectivity index (χ0v) is 9.37. The quantitative estimate of drug-likeness (QED) is 0.852. The van der Waals surface area contributed by atoms with Gasteiger partial charge >= 0.3 is 0 Å². The van der Waals surface area contributed by atoms with Crippen molar-refractivity contribution in [3.63, 3.8) is 0 Å². The molecule has 1 N–H and O–H groups in total. The molecule has 5 heteroatoms. The summed E-state index contributed by atoms with van der Waals surface area (Å²) >= 11 is 0. The number of nitrogens with one attached hydrogen (secondary N) is 1. The van der Waals surface area contributed by atoms with Crippen molar-refractivity contribution in [3.05, 3.63) is 17.9 Å². The molecular weight excluding hydrogens is 225 g/mol. The number of hydrogen-bond donors (Lipinski definition) is 1. The van der Waals surface area contributed by atoms with Crippen molar-refractivity contribution in [1.82, 2.24) is 5.32 Å². The molecule has 1 aromatic carbocycles. The zero-order chi connectivity index (χ0) is 11.7. The highest BCUT2D eigenvalue weighted by molar-refractivity contribution is 5.47. The molecule has 1 aromatic rings. The Morgan fingerprint density at radius 1 is 1.18 bits per heavy atom. The van der Waals surface area contributed by atoms with Crippen LogP contribution in [0.2, 0.25) is 0 Å². The highest BCUT2D eigenvalue weighted by Gasteiger charge is 2.21. The molecule has 0 saturated carbocycles. The van der Waals surface area contributed by atoms with E-state index in [4.69, 9.17) is 14.2 Å². The third kappa shape index (κ3) is 2.15. The molecular formula is C12H14FNO3. The van der Waals surface area contributed by atoms with E-state index >= 15 is 0 Å². The Hall–Kier alpha value is -1.49. The van der Waals surface area contributed by atoms with Crippen LogP contribution in [-0.4, -0.2) is 26.0 Å². The molecule has 4 nitrogen and oxygen atoms in total. The Balaban J connectivity index is 1.78. The molecule has 0 atom stereocenters. The van der Waals surface area contributed by atoms with Crippen LogP contribution in [0.4, 0.5) is 4.39 Å². The second-order valence-corrected chi connectivity index (χ2v) is 4.20. The molecule has 0 spiro atoms. The van der Waals surface area contributed by atoms with E-state index in [-0.39, 0.29) is 18.6 Å². The van der Waals surface area contributed by atoms with E-state index in [0.717, 1.165) is 25.9 Å². The van der Waals surface area contributed by atoms with Gasteiger partial charge in [-0.05, 0) is 25.9 Å². The van der Waals surface area contributed by atoms with Gasteiger partial charge in [-0.3, -0.25) is 0 Å². The summed E-state index contributed by atoms with van der Waals surface area (Å²) in [6.45, 7) is 1.97. The maximum Gasteiger partial charge on any atom is 0.231 e. The van der Waals surface area contributed by atoms with Crippen molar-refractivity contribution in [2.75, 3.05) is 19.9 Å². The van der Waals surface area contributed by atoms with Gasteiger partial charge in [-0.25, -0.2) is 4.39 Å². The second kappa shape index (κ2) is 4.41. The van der Waals surface area contributed by atoms with Crippen LogP contribution >= 0.6 is 0 Å². The lowest BCUT2D eigenvalue weighted by molar-refractivity contribution is 0.155. The number of ether oxygens (including phenoxy) is 3. The van der Waals surface area contributed by atoms with Crippen LogP contribution in [0.3, 0.4) is 0 Å². The normalized spacial score (nSPS) is 19.4. The SMILES string of the molecule is Fc1cc2c(cc1OC1CCNCC1)OCO2. The Labute approximate surface area is 98.7 Å². The fourth-order valence-electron chi connectivity index (χ4n) is 2.08. The molecule has 2 aliphatic heterocycles. The topological polar surface area (TPSA) is 39.7 Å². The van der Waals surface area contributed by atoms with E-state index in [2.05, 4.69) is 5.32 Å². The summed E-state index contributed by atoms with van der Waals surface area (Å²) in [4.78, 5) is 0. The minimum absolute atomic E-state index is 0.0751. The molecule has 0 radical (unpaired) electrons. The molecule has 2 heterocycles. The molecule has 92 valence electrons. The fraction of sp³-hybridized carbons (Fsp3) is 0.500. The minimum Gasteiger partial charge on any atom is -0.487 e. The van der Waals surface area contributed by atoms with Crippen LogP contribution in [0, 0.1) is 5.82 Å². The summed E-state index contributed by atoms with van der Waals surface area (Å²) in [6, 6.07) is 2.89. The Kier molecular flexibility index (Phi) is 2.76. The standard InChI is InChI=1S/C12H14FNO3/c13-9-5-11-12(16-7-15-11)6-10(9)17-8-1-3-14-4-2-8/h5-6,8,14H,1-4,7H2. The summed E-state index contributed by atoms with van der Waals surface area (Å²) in [6.07, 6.45) is 1.87. The van der Waals surface area contributed by atoms with Crippen molar-refractivity contribution in [2.45, 2.75) is 18.9 Å². The first-order valence-electron chi connectivity index (χ1n) is 5.79. The first-order chi connectivity index (χ1) is 8.33. The van der Waals surface area contributed by atoms with Crippen LogP contribution in [0.25, 0.3) is 0 Å². The number of piperidine rings is 1. The Bertz CT molecular complexity index is 418. The van der Waals surface area contributed by atoms with Gasteiger partial charge in [0.2, 0.25) is 6.79 Å². The molecule has 0 unspecified atom stereocenters. The van der Waals surface area contributed by atoms with Crippen LogP contribution in [0.15, 0.2) is 12.1 Å². The largest absolute Gasteiger partial charge is 0.487 e.